The van der Waals surface area contributed by atoms with Gasteiger partial charge in [-0.3, -0.25) is 4.98 Å². The lowest BCUT2D eigenvalue weighted by atomic mass is 10.0. The van der Waals surface area contributed by atoms with E-state index in [1.165, 1.54) is 18.2 Å². The van der Waals surface area contributed by atoms with Crippen LogP contribution in [0.1, 0.15) is 0 Å². The topological polar surface area (TPSA) is 47.9 Å². The Bertz CT molecular complexity index is 1090. The highest BCUT2D eigenvalue weighted by molar-refractivity contribution is 5.93. The Morgan fingerprint density at radius 2 is 1.62 bits per heavy atom. The second kappa shape index (κ2) is 6.48. The van der Waals surface area contributed by atoms with Gasteiger partial charge in [0.15, 0.2) is 0 Å². The average molecular weight is 349 g/mol. The van der Waals surface area contributed by atoms with Crippen LogP contribution < -0.4 is 4.74 Å². The van der Waals surface area contributed by atoms with Gasteiger partial charge in [-0.05, 0) is 24.3 Å². The monoisotopic (exact) mass is 349 g/mol. The van der Waals surface area contributed by atoms with Gasteiger partial charge in [0, 0.05) is 23.2 Å². The van der Waals surface area contributed by atoms with Gasteiger partial charge < -0.3 is 4.74 Å². The van der Waals surface area contributed by atoms with Crippen LogP contribution in [0.3, 0.4) is 0 Å². The molecular formula is C20H13F2N3O. The summed E-state index contributed by atoms with van der Waals surface area (Å²) in [5, 5.41) is 8.95. The minimum absolute atomic E-state index is 0.142. The van der Waals surface area contributed by atoms with Crippen LogP contribution in [0.5, 0.6) is 5.75 Å². The van der Waals surface area contributed by atoms with Crippen molar-refractivity contribution in [2.24, 2.45) is 0 Å². The van der Waals surface area contributed by atoms with E-state index < -0.39 is 11.6 Å². The van der Waals surface area contributed by atoms with Crippen molar-refractivity contribution in [3.8, 4) is 28.3 Å². The molecule has 0 radical (unpaired) electrons. The Balaban J connectivity index is 1.89. The molecule has 26 heavy (non-hydrogen) atoms. The smallest absolute Gasteiger partial charge is 0.135 e. The van der Waals surface area contributed by atoms with E-state index in [0.717, 1.165) is 5.56 Å². The maximum Gasteiger partial charge on any atom is 0.135 e. The molecule has 0 aliphatic rings. The number of halogens is 2. The number of methoxy groups -OCH3 is 1. The Labute approximate surface area is 148 Å². The van der Waals surface area contributed by atoms with Crippen LogP contribution >= 0.6 is 0 Å². The standard InChI is InChI=1S/C20H13F2N3O/c1-26-13-8-9-23-17(11-13)14-5-2-4-12-10-18(24-25-20(12)14)19-15(21)6-3-7-16(19)22/h2-11H,1H3. The Morgan fingerprint density at radius 3 is 2.38 bits per heavy atom. The van der Waals surface area contributed by atoms with E-state index >= 15 is 0 Å². The third-order valence-corrected chi connectivity index (χ3v) is 4.08. The van der Waals surface area contributed by atoms with E-state index in [2.05, 4.69) is 15.2 Å². The summed E-state index contributed by atoms with van der Waals surface area (Å²) in [5.74, 6) is -0.682. The number of rotatable bonds is 3. The van der Waals surface area contributed by atoms with Crippen molar-refractivity contribution in [1.82, 2.24) is 15.2 Å². The van der Waals surface area contributed by atoms with E-state index in [4.69, 9.17) is 4.74 Å². The quantitative estimate of drug-likeness (QED) is 0.540. The minimum Gasteiger partial charge on any atom is -0.497 e. The summed E-state index contributed by atoms with van der Waals surface area (Å²) in [6, 6.07) is 14.4. The van der Waals surface area contributed by atoms with Crippen LogP contribution in [-0.4, -0.2) is 22.3 Å². The minimum atomic E-state index is -0.677. The van der Waals surface area contributed by atoms with Gasteiger partial charge in [-0.15, -0.1) is 10.2 Å². The second-order valence-electron chi connectivity index (χ2n) is 5.65. The molecule has 0 saturated heterocycles. The summed E-state index contributed by atoms with van der Waals surface area (Å²) >= 11 is 0. The summed E-state index contributed by atoms with van der Waals surface area (Å²) in [4.78, 5) is 4.35. The highest BCUT2D eigenvalue weighted by Crippen LogP contribution is 2.30. The third-order valence-electron chi connectivity index (χ3n) is 4.08. The van der Waals surface area contributed by atoms with Crippen molar-refractivity contribution >= 4 is 10.9 Å². The predicted molar refractivity (Wildman–Crippen MR) is 94.7 cm³/mol. The predicted octanol–water partition coefficient (Wildman–Crippen LogP) is 4.65. The van der Waals surface area contributed by atoms with E-state index in [-0.39, 0.29) is 11.3 Å². The maximum absolute atomic E-state index is 14.0. The first-order valence-electron chi connectivity index (χ1n) is 7.88. The molecule has 0 fully saturated rings. The van der Waals surface area contributed by atoms with Crippen LogP contribution in [0.4, 0.5) is 8.78 Å². The second-order valence-corrected chi connectivity index (χ2v) is 5.65. The summed E-state index contributed by atoms with van der Waals surface area (Å²) in [7, 11) is 1.58. The molecule has 0 amide bonds. The lowest BCUT2D eigenvalue weighted by Gasteiger charge is -2.08. The van der Waals surface area contributed by atoms with Crippen molar-refractivity contribution in [3.05, 3.63) is 72.4 Å². The molecule has 128 valence electrons. The molecule has 0 N–H and O–H groups in total. The number of fused-ring (bicyclic) bond motifs is 1. The first-order chi connectivity index (χ1) is 12.7. The Kier molecular flexibility index (Phi) is 4.01. The zero-order chi connectivity index (χ0) is 18.1. The number of hydrogen-bond acceptors (Lipinski definition) is 4. The van der Waals surface area contributed by atoms with Gasteiger partial charge in [0.05, 0.1) is 24.1 Å². The number of hydrogen-bond donors (Lipinski definition) is 0. The van der Waals surface area contributed by atoms with Crippen LogP contribution in [0.15, 0.2) is 60.8 Å². The van der Waals surface area contributed by atoms with Gasteiger partial charge in [0.2, 0.25) is 0 Å². The molecule has 4 rings (SSSR count). The third kappa shape index (κ3) is 2.75. The fourth-order valence-corrected chi connectivity index (χ4v) is 2.83. The lowest BCUT2D eigenvalue weighted by Crippen LogP contribution is -1.96. The average Bonchev–Trinajstić information content (AvgIpc) is 2.67. The van der Waals surface area contributed by atoms with Gasteiger partial charge in [-0.25, -0.2) is 8.78 Å². The molecule has 0 bridgehead atoms. The van der Waals surface area contributed by atoms with Crippen LogP contribution in [-0.2, 0) is 0 Å². The van der Waals surface area contributed by atoms with E-state index in [9.17, 15) is 8.78 Å². The fourth-order valence-electron chi connectivity index (χ4n) is 2.83. The summed E-state index contributed by atoms with van der Waals surface area (Å²) in [6.07, 6.45) is 1.64. The summed E-state index contributed by atoms with van der Waals surface area (Å²) in [5.41, 5.74) is 1.98. The lowest BCUT2D eigenvalue weighted by molar-refractivity contribution is 0.414. The van der Waals surface area contributed by atoms with Crippen molar-refractivity contribution in [2.45, 2.75) is 0 Å². The van der Waals surface area contributed by atoms with Gasteiger partial charge in [-0.1, -0.05) is 24.3 Å². The maximum atomic E-state index is 14.0. The first-order valence-corrected chi connectivity index (χ1v) is 7.88. The van der Waals surface area contributed by atoms with Crippen LogP contribution in [0.2, 0.25) is 0 Å². The largest absolute Gasteiger partial charge is 0.497 e. The van der Waals surface area contributed by atoms with Crippen LogP contribution in [0, 0.1) is 11.6 Å². The van der Waals surface area contributed by atoms with Crippen LogP contribution in [0.25, 0.3) is 33.4 Å². The fraction of sp³-hybridized carbons (Fsp3) is 0.0500. The summed E-state index contributed by atoms with van der Waals surface area (Å²) < 4.78 is 33.3. The van der Waals surface area contributed by atoms with Gasteiger partial charge in [0.1, 0.15) is 22.9 Å². The first kappa shape index (κ1) is 16.1. The molecule has 4 aromatic rings. The number of aromatic nitrogens is 3. The number of nitrogens with zero attached hydrogens (tertiary/aromatic N) is 3. The highest BCUT2D eigenvalue weighted by Gasteiger charge is 2.15. The molecule has 0 spiro atoms. The molecule has 0 atom stereocenters. The molecule has 6 heteroatoms. The van der Waals surface area contributed by atoms with E-state index in [0.29, 0.717) is 22.3 Å². The molecule has 2 heterocycles. The van der Waals surface area contributed by atoms with Gasteiger partial charge >= 0.3 is 0 Å². The van der Waals surface area contributed by atoms with Gasteiger partial charge in [0.25, 0.3) is 0 Å². The molecule has 0 unspecified atom stereocenters. The van der Waals surface area contributed by atoms with Crippen molar-refractivity contribution < 1.29 is 13.5 Å². The molecule has 0 aliphatic carbocycles. The number of benzene rings is 2. The SMILES string of the molecule is COc1ccnc(-c2cccc3cc(-c4c(F)cccc4F)nnc23)c1. The molecule has 0 saturated carbocycles. The van der Waals surface area contributed by atoms with Gasteiger partial charge in [-0.2, -0.15) is 0 Å². The normalized spacial score (nSPS) is 10.9. The molecule has 4 nitrogen and oxygen atoms in total. The summed E-state index contributed by atoms with van der Waals surface area (Å²) in [6.45, 7) is 0. The molecular weight excluding hydrogens is 336 g/mol. The van der Waals surface area contributed by atoms with Crippen molar-refractivity contribution in [2.75, 3.05) is 7.11 Å². The Morgan fingerprint density at radius 1 is 0.846 bits per heavy atom. The van der Waals surface area contributed by atoms with E-state index in [1.54, 1.807) is 31.5 Å². The Hall–Kier alpha value is -3.41. The zero-order valence-electron chi connectivity index (χ0n) is 13.8. The molecule has 0 aliphatic heterocycles. The number of pyridine rings is 1. The van der Waals surface area contributed by atoms with Crippen molar-refractivity contribution in [3.63, 3.8) is 0 Å². The zero-order valence-corrected chi connectivity index (χ0v) is 13.8. The van der Waals surface area contributed by atoms with E-state index in [1.807, 2.05) is 18.2 Å². The molecule has 2 aromatic heterocycles. The van der Waals surface area contributed by atoms with Crippen molar-refractivity contribution in [1.29, 1.82) is 0 Å². The molecule has 2 aromatic carbocycles. The number of ether oxygens (including phenoxy) is 1. The highest BCUT2D eigenvalue weighted by atomic mass is 19.1.